The molecule has 0 amide bonds. The molecule has 0 aromatic heterocycles. The maximum Gasteiger partial charge on any atom is 0.0745 e. The molecular weight excluding hydrogens is 176 g/mol. The maximum absolute atomic E-state index is 9.13. The van der Waals surface area contributed by atoms with E-state index in [1.165, 1.54) is 12.8 Å². The van der Waals surface area contributed by atoms with Crippen LogP contribution in [0.3, 0.4) is 0 Å². The van der Waals surface area contributed by atoms with E-state index in [1.807, 2.05) is 0 Å². The average molecular weight is 202 g/mol. The molecule has 0 aliphatic heterocycles. The summed E-state index contributed by atoms with van der Waals surface area (Å²) in [4.78, 5) is 0. The van der Waals surface area contributed by atoms with E-state index < -0.39 is 0 Å². The van der Waals surface area contributed by atoms with Gasteiger partial charge in [-0.25, -0.2) is 0 Å². The van der Waals surface area contributed by atoms with Crippen molar-refractivity contribution in [3.05, 3.63) is 0 Å². The van der Waals surface area contributed by atoms with Crippen LogP contribution in [0.5, 0.6) is 0 Å². The average Bonchev–Trinajstić information content (AvgIpc) is 2.00. The van der Waals surface area contributed by atoms with Gasteiger partial charge in [-0.2, -0.15) is 0 Å². The molecule has 0 aromatic carbocycles. The fourth-order valence-electron chi connectivity index (χ4n) is 1.84. The molecule has 2 atom stereocenters. The Morgan fingerprint density at radius 1 is 1.29 bits per heavy atom. The van der Waals surface area contributed by atoms with Crippen molar-refractivity contribution in [2.45, 2.75) is 65.6 Å². The second kappa shape index (κ2) is 6.41. The van der Waals surface area contributed by atoms with Crippen molar-refractivity contribution in [1.82, 2.24) is 0 Å². The van der Waals surface area contributed by atoms with Crippen LogP contribution in [0.25, 0.3) is 0 Å². The van der Waals surface area contributed by atoms with Gasteiger partial charge in [-0.15, -0.1) is 0 Å². The number of rotatable bonds is 7. The van der Waals surface area contributed by atoms with Crippen molar-refractivity contribution in [3.8, 4) is 0 Å². The Bertz CT molecular complexity index is 141. The van der Waals surface area contributed by atoms with Crippen molar-refractivity contribution < 1.29 is 9.84 Å². The van der Waals surface area contributed by atoms with Gasteiger partial charge in [-0.3, -0.25) is 0 Å². The molecule has 0 radical (unpaired) electrons. The van der Waals surface area contributed by atoms with Gasteiger partial charge in [0, 0.05) is 0 Å². The van der Waals surface area contributed by atoms with Gasteiger partial charge in [0.25, 0.3) is 0 Å². The van der Waals surface area contributed by atoms with E-state index in [9.17, 15) is 0 Å². The molecule has 0 heterocycles. The third kappa shape index (κ3) is 7.34. The summed E-state index contributed by atoms with van der Waals surface area (Å²) in [7, 11) is 0. The zero-order chi connectivity index (χ0) is 11.2. The molecule has 1 N–H and O–H groups in total. The lowest BCUT2D eigenvalue weighted by Crippen LogP contribution is -2.30. The molecule has 0 saturated heterocycles. The predicted octanol–water partition coefficient (Wildman–Crippen LogP) is 2.99. The highest BCUT2D eigenvalue weighted by molar-refractivity contribution is 4.72. The van der Waals surface area contributed by atoms with E-state index in [1.54, 1.807) is 6.92 Å². The van der Waals surface area contributed by atoms with Gasteiger partial charge >= 0.3 is 0 Å². The standard InChI is InChI=1S/C12H26O2/c1-6-7-10(2)8-12(4,5)14-9-11(3)13/h10-11,13H,6-9H2,1-5H3. The van der Waals surface area contributed by atoms with E-state index in [2.05, 4.69) is 27.7 Å². The normalized spacial score (nSPS) is 16.7. The second-order valence-electron chi connectivity index (χ2n) is 5.02. The Labute approximate surface area is 88.7 Å². The summed E-state index contributed by atoms with van der Waals surface area (Å²) in [5.74, 6) is 0.698. The summed E-state index contributed by atoms with van der Waals surface area (Å²) in [6.45, 7) is 10.9. The van der Waals surface area contributed by atoms with Gasteiger partial charge in [-0.1, -0.05) is 26.7 Å². The summed E-state index contributed by atoms with van der Waals surface area (Å²) in [6, 6.07) is 0. The van der Waals surface area contributed by atoms with Crippen LogP contribution in [0.1, 0.15) is 53.9 Å². The highest BCUT2D eigenvalue weighted by Gasteiger charge is 2.21. The van der Waals surface area contributed by atoms with E-state index in [0.717, 1.165) is 6.42 Å². The Balaban J connectivity index is 3.81. The van der Waals surface area contributed by atoms with E-state index in [4.69, 9.17) is 9.84 Å². The van der Waals surface area contributed by atoms with Crippen molar-refractivity contribution in [1.29, 1.82) is 0 Å². The van der Waals surface area contributed by atoms with Gasteiger partial charge < -0.3 is 9.84 Å². The van der Waals surface area contributed by atoms with Crippen molar-refractivity contribution in [2.24, 2.45) is 5.92 Å². The molecule has 2 nitrogen and oxygen atoms in total. The third-order valence-corrected chi connectivity index (χ3v) is 2.34. The van der Waals surface area contributed by atoms with Crippen molar-refractivity contribution in [3.63, 3.8) is 0 Å². The fraction of sp³-hybridized carbons (Fsp3) is 1.00. The van der Waals surface area contributed by atoms with Gasteiger partial charge in [0.2, 0.25) is 0 Å². The summed E-state index contributed by atoms with van der Waals surface area (Å²) in [5.41, 5.74) is -0.106. The smallest absolute Gasteiger partial charge is 0.0745 e. The number of hydrogen-bond donors (Lipinski definition) is 1. The first-order chi connectivity index (χ1) is 6.37. The van der Waals surface area contributed by atoms with Crippen LogP contribution < -0.4 is 0 Å². The van der Waals surface area contributed by atoms with Crippen molar-refractivity contribution in [2.75, 3.05) is 6.61 Å². The molecule has 2 unspecified atom stereocenters. The van der Waals surface area contributed by atoms with E-state index in [0.29, 0.717) is 12.5 Å². The van der Waals surface area contributed by atoms with Crippen LogP contribution >= 0.6 is 0 Å². The molecule has 0 aliphatic carbocycles. The zero-order valence-electron chi connectivity index (χ0n) is 10.3. The quantitative estimate of drug-likeness (QED) is 0.687. The number of ether oxygens (including phenoxy) is 1. The lowest BCUT2D eigenvalue weighted by atomic mass is 9.91. The maximum atomic E-state index is 9.13. The molecular formula is C12H26O2. The minimum Gasteiger partial charge on any atom is -0.391 e. The SMILES string of the molecule is CCCC(C)CC(C)(C)OCC(C)O. The molecule has 0 fully saturated rings. The number of hydrogen-bond acceptors (Lipinski definition) is 2. The third-order valence-electron chi connectivity index (χ3n) is 2.34. The van der Waals surface area contributed by atoms with Gasteiger partial charge in [0.15, 0.2) is 0 Å². The molecule has 14 heavy (non-hydrogen) atoms. The lowest BCUT2D eigenvalue weighted by Gasteiger charge is -2.29. The van der Waals surface area contributed by atoms with Gasteiger partial charge in [-0.05, 0) is 33.1 Å². The van der Waals surface area contributed by atoms with Crippen LogP contribution in [-0.4, -0.2) is 23.4 Å². The van der Waals surface area contributed by atoms with Gasteiger partial charge in [0.05, 0.1) is 18.3 Å². The highest BCUT2D eigenvalue weighted by atomic mass is 16.5. The first-order valence-electron chi connectivity index (χ1n) is 5.69. The number of aliphatic hydroxyl groups is 1. The van der Waals surface area contributed by atoms with Crippen LogP contribution in [-0.2, 0) is 4.74 Å². The summed E-state index contributed by atoms with van der Waals surface area (Å²) >= 11 is 0. The van der Waals surface area contributed by atoms with Crippen LogP contribution in [0.4, 0.5) is 0 Å². The monoisotopic (exact) mass is 202 g/mol. The predicted molar refractivity (Wildman–Crippen MR) is 60.4 cm³/mol. The molecule has 86 valence electrons. The van der Waals surface area contributed by atoms with Crippen LogP contribution in [0, 0.1) is 5.92 Å². The lowest BCUT2D eigenvalue weighted by molar-refractivity contribution is -0.0660. The Morgan fingerprint density at radius 2 is 1.86 bits per heavy atom. The van der Waals surface area contributed by atoms with E-state index in [-0.39, 0.29) is 11.7 Å². The summed E-state index contributed by atoms with van der Waals surface area (Å²) in [6.07, 6.45) is 3.18. The Morgan fingerprint density at radius 3 is 2.29 bits per heavy atom. The molecule has 0 aliphatic rings. The summed E-state index contributed by atoms with van der Waals surface area (Å²) in [5, 5.41) is 9.13. The van der Waals surface area contributed by atoms with Crippen LogP contribution in [0.15, 0.2) is 0 Å². The molecule has 0 aromatic rings. The zero-order valence-corrected chi connectivity index (χ0v) is 10.3. The highest BCUT2D eigenvalue weighted by Crippen LogP contribution is 2.23. The van der Waals surface area contributed by atoms with Crippen molar-refractivity contribution >= 4 is 0 Å². The molecule has 2 heteroatoms. The first kappa shape index (κ1) is 13.9. The molecule has 0 saturated carbocycles. The Hall–Kier alpha value is -0.0800. The molecule has 0 rings (SSSR count). The largest absolute Gasteiger partial charge is 0.391 e. The topological polar surface area (TPSA) is 29.5 Å². The van der Waals surface area contributed by atoms with E-state index >= 15 is 0 Å². The Kier molecular flexibility index (Phi) is 6.38. The minimum absolute atomic E-state index is 0.106. The second-order valence-corrected chi connectivity index (χ2v) is 5.02. The van der Waals surface area contributed by atoms with Gasteiger partial charge in [0.1, 0.15) is 0 Å². The minimum atomic E-state index is -0.365. The molecule has 0 spiro atoms. The number of aliphatic hydroxyl groups excluding tert-OH is 1. The fourth-order valence-corrected chi connectivity index (χ4v) is 1.84. The summed E-state index contributed by atoms with van der Waals surface area (Å²) < 4.78 is 5.66. The first-order valence-corrected chi connectivity index (χ1v) is 5.69. The molecule has 0 bridgehead atoms. The van der Waals surface area contributed by atoms with Crippen LogP contribution in [0.2, 0.25) is 0 Å².